The van der Waals surface area contributed by atoms with E-state index in [0.29, 0.717) is 18.7 Å². The average Bonchev–Trinajstić information content (AvgIpc) is 2.48. The highest BCUT2D eigenvalue weighted by atomic mass is 16.1. The lowest BCUT2D eigenvalue weighted by Gasteiger charge is -2.06. The third kappa shape index (κ3) is 5.06. The van der Waals surface area contributed by atoms with Gasteiger partial charge in [0, 0.05) is 19.2 Å². The van der Waals surface area contributed by atoms with Crippen LogP contribution in [0.3, 0.4) is 0 Å². The summed E-state index contributed by atoms with van der Waals surface area (Å²) in [5.74, 6) is -0.0716. The van der Waals surface area contributed by atoms with E-state index in [4.69, 9.17) is 15.8 Å². The van der Waals surface area contributed by atoms with Gasteiger partial charge in [-0.05, 0) is 24.1 Å². The Morgan fingerprint density at radius 3 is 2.19 bits per heavy atom. The zero-order valence-corrected chi connectivity index (χ0v) is 11.5. The van der Waals surface area contributed by atoms with Crippen LogP contribution >= 0.6 is 0 Å². The first kappa shape index (κ1) is 15.8. The van der Waals surface area contributed by atoms with E-state index < -0.39 is 0 Å². The van der Waals surface area contributed by atoms with Crippen LogP contribution in [0.2, 0.25) is 0 Å². The Labute approximate surface area is 122 Å². The van der Waals surface area contributed by atoms with Crippen LogP contribution in [-0.4, -0.2) is 12.5 Å². The largest absolute Gasteiger partial charge is 0.356 e. The van der Waals surface area contributed by atoms with Crippen LogP contribution in [0.1, 0.15) is 12.5 Å². The van der Waals surface area contributed by atoms with Gasteiger partial charge in [0.2, 0.25) is 5.91 Å². The smallest absolute Gasteiger partial charge is 0.216 e. The Bertz CT molecular complexity index is 652. The SMILES string of the molecule is CC(=O)NCCc1ccc(NC(C#N)=C(C#N)C#N)cc1. The first-order valence-corrected chi connectivity index (χ1v) is 6.15. The number of nitrogens with one attached hydrogen (secondary N) is 2. The van der Waals surface area contributed by atoms with Crippen molar-refractivity contribution in [2.45, 2.75) is 13.3 Å². The topological polar surface area (TPSA) is 112 Å². The molecule has 0 aliphatic rings. The summed E-state index contributed by atoms with van der Waals surface area (Å²) in [5, 5.41) is 31.8. The second kappa shape index (κ2) is 7.99. The highest BCUT2D eigenvalue weighted by Crippen LogP contribution is 2.13. The van der Waals surface area contributed by atoms with Crippen molar-refractivity contribution in [3.8, 4) is 18.2 Å². The molecule has 1 aromatic carbocycles. The number of carbonyl (C=O) groups excluding carboxylic acids is 1. The van der Waals surface area contributed by atoms with Crippen molar-refractivity contribution in [1.29, 1.82) is 15.8 Å². The van der Waals surface area contributed by atoms with Gasteiger partial charge in [-0.15, -0.1) is 0 Å². The fourth-order valence-electron chi connectivity index (χ4n) is 1.57. The number of anilines is 1. The third-order valence-corrected chi connectivity index (χ3v) is 2.60. The molecule has 0 spiro atoms. The first-order chi connectivity index (χ1) is 10.1. The van der Waals surface area contributed by atoms with Crippen molar-refractivity contribution in [1.82, 2.24) is 5.32 Å². The van der Waals surface area contributed by atoms with Crippen molar-refractivity contribution in [3.05, 3.63) is 41.1 Å². The number of hydrogen-bond acceptors (Lipinski definition) is 5. The zero-order valence-electron chi connectivity index (χ0n) is 11.5. The molecule has 104 valence electrons. The summed E-state index contributed by atoms with van der Waals surface area (Å²) in [5.41, 5.74) is 1.30. The molecule has 2 N–H and O–H groups in total. The number of nitriles is 3. The predicted octanol–water partition coefficient (Wildman–Crippen LogP) is 1.60. The van der Waals surface area contributed by atoms with E-state index in [-0.39, 0.29) is 17.2 Å². The van der Waals surface area contributed by atoms with Crippen molar-refractivity contribution in [2.24, 2.45) is 0 Å². The molecule has 0 unspecified atom stereocenters. The lowest BCUT2D eigenvalue weighted by atomic mass is 10.1. The Kier molecular flexibility index (Phi) is 5.99. The van der Waals surface area contributed by atoms with Gasteiger partial charge >= 0.3 is 0 Å². The minimum Gasteiger partial charge on any atom is -0.356 e. The van der Waals surface area contributed by atoms with Crippen LogP contribution in [0.4, 0.5) is 5.69 Å². The molecule has 0 saturated carbocycles. The number of allylic oxidation sites excluding steroid dienone is 2. The van der Waals surface area contributed by atoms with Crippen LogP contribution in [0.5, 0.6) is 0 Å². The summed E-state index contributed by atoms with van der Waals surface area (Å²) < 4.78 is 0. The van der Waals surface area contributed by atoms with Crippen molar-refractivity contribution < 1.29 is 4.79 Å². The number of nitrogens with zero attached hydrogens (tertiary/aromatic N) is 3. The van der Waals surface area contributed by atoms with Crippen molar-refractivity contribution >= 4 is 11.6 Å². The van der Waals surface area contributed by atoms with Gasteiger partial charge in [-0.1, -0.05) is 12.1 Å². The van der Waals surface area contributed by atoms with E-state index in [9.17, 15) is 4.79 Å². The Morgan fingerprint density at radius 2 is 1.71 bits per heavy atom. The molecular formula is C15H13N5O. The third-order valence-electron chi connectivity index (χ3n) is 2.60. The molecule has 1 rings (SSSR count). The number of rotatable bonds is 5. The van der Waals surface area contributed by atoms with E-state index in [1.165, 1.54) is 6.92 Å². The molecule has 0 aliphatic carbocycles. The number of amides is 1. The lowest BCUT2D eigenvalue weighted by Crippen LogP contribution is -2.22. The summed E-state index contributed by atoms with van der Waals surface area (Å²) in [6.07, 6.45) is 0.697. The standard InChI is InChI=1S/C15H13N5O/c1-11(21)19-7-6-12-2-4-14(5-3-12)20-15(10-18)13(8-16)9-17/h2-5,20H,6-7H2,1H3,(H,19,21). The maximum absolute atomic E-state index is 10.8. The van der Waals surface area contributed by atoms with Gasteiger partial charge in [-0.3, -0.25) is 4.79 Å². The fraction of sp³-hybridized carbons (Fsp3) is 0.200. The second-order valence-electron chi connectivity index (χ2n) is 4.14. The molecule has 1 aromatic rings. The molecular weight excluding hydrogens is 266 g/mol. The molecule has 1 amide bonds. The van der Waals surface area contributed by atoms with E-state index in [1.54, 1.807) is 30.3 Å². The average molecular weight is 279 g/mol. The number of hydrogen-bond donors (Lipinski definition) is 2. The quantitative estimate of drug-likeness (QED) is 0.795. The van der Waals surface area contributed by atoms with E-state index in [0.717, 1.165) is 5.56 Å². The maximum Gasteiger partial charge on any atom is 0.216 e. The normalized spacial score (nSPS) is 8.67. The van der Waals surface area contributed by atoms with Crippen LogP contribution in [-0.2, 0) is 11.2 Å². The molecule has 6 nitrogen and oxygen atoms in total. The van der Waals surface area contributed by atoms with Gasteiger partial charge in [0.15, 0.2) is 5.57 Å². The summed E-state index contributed by atoms with van der Waals surface area (Å²) in [7, 11) is 0. The lowest BCUT2D eigenvalue weighted by molar-refractivity contribution is -0.118. The van der Waals surface area contributed by atoms with Crippen LogP contribution in [0.15, 0.2) is 35.5 Å². The zero-order chi connectivity index (χ0) is 15.7. The van der Waals surface area contributed by atoms with Crippen molar-refractivity contribution in [2.75, 3.05) is 11.9 Å². The molecule has 21 heavy (non-hydrogen) atoms. The van der Waals surface area contributed by atoms with E-state index >= 15 is 0 Å². The summed E-state index contributed by atoms with van der Waals surface area (Å²) in [6, 6.07) is 12.3. The summed E-state index contributed by atoms with van der Waals surface area (Å²) in [6.45, 7) is 2.02. The Morgan fingerprint density at radius 1 is 1.10 bits per heavy atom. The molecule has 0 fully saturated rings. The van der Waals surface area contributed by atoms with Gasteiger partial charge in [-0.25, -0.2) is 0 Å². The van der Waals surface area contributed by atoms with Crippen molar-refractivity contribution in [3.63, 3.8) is 0 Å². The highest BCUT2D eigenvalue weighted by Gasteiger charge is 2.05. The molecule has 0 atom stereocenters. The minimum atomic E-state index is -0.257. The van der Waals surface area contributed by atoms with Gasteiger partial charge in [0.25, 0.3) is 0 Å². The van der Waals surface area contributed by atoms with E-state index in [1.807, 2.05) is 12.1 Å². The fourth-order valence-corrected chi connectivity index (χ4v) is 1.57. The minimum absolute atomic E-state index is 0.0716. The summed E-state index contributed by atoms with van der Waals surface area (Å²) >= 11 is 0. The van der Waals surface area contributed by atoms with Crippen LogP contribution in [0, 0.1) is 34.0 Å². The maximum atomic E-state index is 10.8. The van der Waals surface area contributed by atoms with E-state index in [2.05, 4.69) is 10.6 Å². The van der Waals surface area contributed by atoms with Gasteiger partial charge in [-0.2, -0.15) is 15.8 Å². The van der Waals surface area contributed by atoms with Crippen LogP contribution in [0.25, 0.3) is 0 Å². The van der Waals surface area contributed by atoms with Gasteiger partial charge in [0.1, 0.15) is 23.9 Å². The van der Waals surface area contributed by atoms with Gasteiger partial charge in [0.05, 0.1) is 0 Å². The Hall–Kier alpha value is -3.30. The van der Waals surface area contributed by atoms with Crippen LogP contribution < -0.4 is 10.6 Å². The molecule has 0 radical (unpaired) electrons. The predicted molar refractivity (Wildman–Crippen MR) is 76.3 cm³/mol. The number of carbonyl (C=O) groups is 1. The highest BCUT2D eigenvalue weighted by molar-refractivity contribution is 5.72. The second-order valence-corrected chi connectivity index (χ2v) is 4.14. The molecule has 0 heterocycles. The van der Waals surface area contributed by atoms with Gasteiger partial charge < -0.3 is 10.6 Å². The molecule has 0 bridgehead atoms. The molecule has 0 saturated heterocycles. The molecule has 0 aromatic heterocycles. The first-order valence-electron chi connectivity index (χ1n) is 6.15. The molecule has 0 aliphatic heterocycles. The summed E-state index contributed by atoms with van der Waals surface area (Å²) in [4.78, 5) is 10.8. The monoisotopic (exact) mass is 279 g/mol. The molecule has 6 heteroatoms. The number of benzene rings is 1. The Balaban J connectivity index is 2.74.